The third-order valence-electron chi connectivity index (χ3n) is 4.78. The Morgan fingerprint density at radius 3 is 2.46 bits per heavy atom. The second-order valence-corrected chi connectivity index (χ2v) is 7.84. The van der Waals surface area contributed by atoms with Crippen molar-refractivity contribution >= 4 is 23.5 Å². The number of nitriles is 2. The predicted octanol–water partition coefficient (Wildman–Crippen LogP) is 3.69. The molecule has 1 heterocycles. The molecule has 1 saturated carbocycles. The number of hydrogen-bond donors (Lipinski definition) is 2. The fourth-order valence-corrected chi connectivity index (χ4v) is 4.38. The summed E-state index contributed by atoms with van der Waals surface area (Å²) in [6.07, 6.45) is 5.44. The monoisotopic (exact) mass is 391 g/mol. The number of rotatable bonds is 5. The third-order valence-corrected chi connectivity index (χ3v) is 6.04. The highest BCUT2D eigenvalue weighted by molar-refractivity contribution is 8.00. The first-order chi connectivity index (χ1) is 13.6. The molecule has 0 spiro atoms. The zero-order chi connectivity index (χ0) is 19.9. The first-order valence-electron chi connectivity index (χ1n) is 9.25. The van der Waals surface area contributed by atoms with Crippen molar-refractivity contribution in [1.82, 2.24) is 10.3 Å². The lowest BCUT2D eigenvalue weighted by Crippen LogP contribution is -2.38. The van der Waals surface area contributed by atoms with Crippen LogP contribution in [0.2, 0.25) is 0 Å². The van der Waals surface area contributed by atoms with Gasteiger partial charge in [0.1, 0.15) is 28.2 Å². The number of carbonyl (C=O) groups excluding carboxylic acids is 1. The Morgan fingerprint density at radius 1 is 1.14 bits per heavy atom. The van der Waals surface area contributed by atoms with E-state index in [1.54, 1.807) is 0 Å². The van der Waals surface area contributed by atoms with Crippen molar-refractivity contribution in [3.05, 3.63) is 53.1 Å². The number of nitrogen functional groups attached to an aromatic ring is 1. The van der Waals surface area contributed by atoms with Crippen LogP contribution in [-0.2, 0) is 4.79 Å². The molecule has 1 aromatic carbocycles. The van der Waals surface area contributed by atoms with Gasteiger partial charge in [0.05, 0.1) is 11.1 Å². The number of amides is 1. The Labute approximate surface area is 168 Å². The van der Waals surface area contributed by atoms with Gasteiger partial charge in [0, 0.05) is 6.04 Å². The second-order valence-electron chi connectivity index (χ2n) is 6.75. The van der Waals surface area contributed by atoms with Crippen molar-refractivity contribution in [3.8, 4) is 12.1 Å². The Kier molecular flexibility index (Phi) is 6.52. The molecule has 1 atom stereocenters. The normalized spacial score (nSPS) is 15.2. The summed E-state index contributed by atoms with van der Waals surface area (Å²) >= 11 is 1.19. The number of benzene rings is 1. The molecule has 142 valence electrons. The summed E-state index contributed by atoms with van der Waals surface area (Å²) in [6, 6.07) is 15.0. The summed E-state index contributed by atoms with van der Waals surface area (Å²) in [4.78, 5) is 17.3. The van der Waals surface area contributed by atoms with Gasteiger partial charge in [0.25, 0.3) is 0 Å². The van der Waals surface area contributed by atoms with Crippen LogP contribution >= 0.6 is 11.8 Å². The highest BCUT2D eigenvalue weighted by Crippen LogP contribution is 2.37. The highest BCUT2D eigenvalue weighted by atomic mass is 32.2. The van der Waals surface area contributed by atoms with E-state index in [1.807, 2.05) is 36.4 Å². The van der Waals surface area contributed by atoms with Crippen LogP contribution in [0.15, 0.2) is 41.4 Å². The topological polar surface area (TPSA) is 116 Å². The SMILES string of the molecule is N#Cc1cc(C#N)c(S[C@H](C(=O)NC2CCCCC2)c2ccccc2)nc1N. The van der Waals surface area contributed by atoms with E-state index in [2.05, 4.69) is 16.4 Å². The van der Waals surface area contributed by atoms with Gasteiger partial charge < -0.3 is 11.1 Å². The van der Waals surface area contributed by atoms with Crippen LogP contribution in [0.4, 0.5) is 5.82 Å². The molecule has 7 heteroatoms. The molecule has 0 bridgehead atoms. The molecule has 1 aromatic heterocycles. The molecule has 1 aliphatic carbocycles. The molecule has 1 aliphatic rings. The lowest BCUT2D eigenvalue weighted by atomic mass is 9.95. The number of nitrogens with one attached hydrogen (secondary N) is 1. The molecule has 6 nitrogen and oxygen atoms in total. The Balaban J connectivity index is 1.90. The third kappa shape index (κ3) is 4.62. The molecule has 1 fully saturated rings. The molecular formula is C21H21N5OS. The number of thioether (sulfide) groups is 1. The number of anilines is 1. The standard InChI is InChI=1S/C21H21N5OS/c22-12-15-11-16(13-23)21(26-19(15)24)28-18(14-7-3-1-4-8-14)20(27)25-17-9-5-2-6-10-17/h1,3-4,7-8,11,17-18H,2,5-6,9-10H2,(H2,24,26)(H,25,27)/t18-/m0/s1. The van der Waals surface area contributed by atoms with Crippen molar-refractivity contribution in [2.45, 2.75) is 48.4 Å². The molecule has 3 rings (SSSR count). The minimum atomic E-state index is -0.560. The summed E-state index contributed by atoms with van der Waals surface area (Å²) in [5.41, 5.74) is 7.06. The Morgan fingerprint density at radius 2 is 1.82 bits per heavy atom. The zero-order valence-electron chi connectivity index (χ0n) is 15.4. The van der Waals surface area contributed by atoms with Gasteiger partial charge >= 0.3 is 0 Å². The molecule has 3 N–H and O–H groups in total. The fraction of sp³-hybridized carbons (Fsp3) is 0.333. The molecule has 0 saturated heterocycles. The number of carbonyl (C=O) groups is 1. The van der Waals surface area contributed by atoms with E-state index in [0.717, 1.165) is 31.2 Å². The maximum Gasteiger partial charge on any atom is 0.238 e. The zero-order valence-corrected chi connectivity index (χ0v) is 16.2. The molecule has 1 amide bonds. The average Bonchev–Trinajstić information content (AvgIpc) is 2.73. The van der Waals surface area contributed by atoms with Crippen LogP contribution in [0.25, 0.3) is 0 Å². The summed E-state index contributed by atoms with van der Waals surface area (Å²) in [6.45, 7) is 0. The molecule has 2 aromatic rings. The van der Waals surface area contributed by atoms with Crippen LogP contribution in [0, 0.1) is 22.7 Å². The van der Waals surface area contributed by atoms with Crippen molar-refractivity contribution in [3.63, 3.8) is 0 Å². The quantitative estimate of drug-likeness (QED) is 0.751. The number of nitrogens with zero attached hydrogens (tertiary/aromatic N) is 3. The second kappa shape index (κ2) is 9.25. The van der Waals surface area contributed by atoms with Gasteiger partial charge in [-0.15, -0.1) is 0 Å². The number of hydrogen-bond acceptors (Lipinski definition) is 6. The summed E-state index contributed by atoms with van der Waals surface area (Å²) in [5.74, 6) is -0.0415. The fourth-order valence-electron chi connectivity index (χ4n) is 3.31. The smallest absolute Gasteiger partial charge is 0.238 e. The minimum absolute atomic E-state index is 0.0588. The van der Waals surface area contributed by atoms with Crippen LogP contribution in [0.1, 0.15) is 54.0 Å². The van der Waals surface area contributed by atoms with Crippen LogP contribution in [0.5, 0.6) is 0 Å². The molecule has 0 aliphatic heterocycles. The van der Waals surface area contributed by atoms with E-state index in [-0.39, 0.29) is 28.9 Å². The van der Waals surface area contributed by atoms with Crippen molar-refractivity contribution in [2.24, 2.45) is 0 Å². The highest BCUT2D eigenvalue weighted by Gasteiger charge is 2.27. The van der Waals surface area contributed by atoms with Crippen molar-refractivity contribution in [2.75, 3.05) is 5.73 Å². The van der Waals surface area contributed by atoms with Gasteiger partial charge in [-0.2, -0.15) is 10.5 Å². The summed E-state index contributed by atoms with van der Waals surface area (Å²) < 4.78 is 0. The average molecular weight is 392 g/mol. The first kappa shape index (κ1) is 19.7. The summed E-state index contributed by atoms with van der Waals surface area (Å²) in [5, 5.41) is 21.5. The van der Waals surface area contributed by atoms with Gasteiger partial charge in [-0.25, -0.2) is 4.98 Å². The number of aromatic nitrogens is 1. The molecule has 28 heavy (non-hydrogen) atoms. The van der Waals surface area contributed by atoms with Crippen molar-refractivity contribution < 1.29 is 4.79 Å². The van der Waals surface area contributed by atoms with E-state index < -0.39 is 5.25 Å². The molecular weight excluding hydrogens is 370 g/mol. The molecule has 0 unspecified atom stereocenters. The summed E-state index contributed by atoms with van der Waals surface area (Å²) in [7, 11) is 0. The van der Waals surface area contributed by atoms with E-state index in [4.69, 9.17) is 11.0 Å². The van der Waals surface area contributed by atoms with E-state index in [9.17, 15) is 10.1 Å². The van der Waals surface area contributed by atoms with E-state index >= 15 is 0 Å². The Hall–Kier alpha value is -3.03. The van der Waals surface area contributed by atoms with E-state index in [0.29, 0.717) is 5.03 Å². The minimum Gasteiger partial charge on any atom is -0.383 e. The Bertz CT molecular complexity index is 926. The van der Waals surface area contributed by atoms with Crippen LogP contribution in [0.3, 0.4) is 0 Å². The van der Waals surface area contributed by atoms with Crippen LogP contribution < -0.4 is 11.1 Å². The van der Waals surface area contributed by atoms with Crippen molar-refractivity contribution in [1.29, 1.82) is 10.5 Å². The van der Waals surface area contributed by atoms with Gasteiger partial charge in [0.15, 0.2) is 0 Å². The first-order valence-corrected chi connectivity index (χ1v) is 10.1. The lowest BCUT2D eigenvalue weighted by molar-refractivity contribution is -0.121. The largest absolute Gasteiger partial charge is 0.383 e. The number of nitrogens with two attached hydrogens (primary N) is 1. The van der Waals surface area contributed by atoms with Crippen LogP contribution in [-0.4, -0.2) is 16.9 Å². The molecule has 0 radical (unpaired) electrons. The van der Waals surface area contributed by atoms with Gasteiger partial charge in [-0.05, 0) is 24.5 Å². The maximum absolute atomic E-state index is 13.1. The van der Waals surface area contributed by atoms with Gasteiger partial charge in [-0.1, -0.05) is 61.4 Å². The van der Waals surface area contributed by atoms with E-state index in [1.165, 1.54) is 24.2 Å². The van der Waals surface area contributed by atoms with Gasteiger partial charge in [-0.3, -0.25) is 4.79 Å². The maximum atomic E-state index is 13.1. The predicted molar refractivity (Wildman–Crippen MR) is 108 cm³/mol. The lowest BCUT2D eigenvalue weighted by Gasteiger charge is -2.25. The number of pyridine rings is 1. The van der Waals surface area contributed by atoms with Gasteiger partial charge in [0.2, 0.25) is 5.91 Å².